The van der Waals surface area contributed by atoms with Crippen molar-refractivity contribution in [3.63, 3.8) is 0 Å². The monoisotopic (exact) mass is 455 g/mol. The number of nitrogens with two attached hydrogens (primary N) is 1. The number of imidazole rings is 1. The first kappa shape index (κ1) is 21.7. The number of sulfonamides is 1. The van der Waals surface area contributed by atoms with Crippen molar-refractivity contribution in [2.45, 2.75) is 37.8 Å². The van der Waals surface area contributed by atoms with E-state index in [0.717, 1.165) is 18.9 Å². The Hall–Kier alpha value is -3.50. The first-order chi connectivity index (χ1) is 15.3. The number of hydrogen-bond acceptors (Lipinski definition) is 7. The van der Waals surface area contributed by atoms with Crippen molar-refractivity contribution < 1.29 is 22.4 Å². The van der Waals surface area contributed by atoms with Gasteiger partial charge in [-0.25, -0.2) is 23.3 Å². The Labute approximate surface area is 183 Å². The predicted molar refractivity (Wildman–Crippen MR) is 118 cm³/mol. The molecule has 2 N–H and O–H groups in total. The zero-order chi connectivity index (χ0) is 22.9. The summed E-state index contributed by atoms with van der Waals surface area (Å²) >= 11 is 0. The molecule has 0 fully saturated rings. The van der Waals surface area contributed by atoms with Crippen molar-refractivity contribution in [1.29, 1.82) is 0 Å². The Kier molecular flexibility index (Phi) is 5.81. The van der Waals surface area contributed by atoms with Gasteiger partial charge in [0, 0.05) is 12.6 Å². The van der Waals surface area contributed by atoms with E-state index in [2.05, 4.69) is 4.98 Å². The number of carbonyl (C=O) groups excluding carboxylic acids is 1. The summed E-state index contributed by atoms with van der Waals surface area (Å²) in [6.45, 7) is 2.47. The van der Waals surface area contributed by atoms with E-state index in [9.17, 15) is 18.0 Å². The molecule has 2 heterocycles. The van der Waals surface area contributed by atoms with Crippen molar-refractivity contribution in [2.75, 3.05) is 0 Å². The summed E-state index contributed by atoms with van der Waals surface area (Å²) < 4.78 is 36.1. The summed E-state index contributed by atoms with van der Waals surface area (Å²) in [7, 11) is -3.88. The van der Waals surface area contributed by atoms with Crippen LogP contribution in [0.4, 0.5) is 0 Å². The Morgan fingerprint density at radius 1 is 1.19 bits per heavy atom. The number of fused-ring (bicyclic) bond motifs is 2. The molecule has 4 aromatic rings. The highest BCUT2D eigenvalue weighted by molar-refractivity contribution is 7.89. The number of rotatable bonds is 7. The highest BCUT2D eigenvalue weighted by atomic mass is 32.2. The summed E-state index contributed by atoms with van der Waals surface area (Å²) in [5, 5.41) is 5.59. The van der Waals surface area contributed by atoms with Crippen LogP contribution in [0.2, 0.25) is 0 Å². The van der Waals surface area contributed by atoms with Crippen LogP contribution in [0.15, 0.2) is 62.6 Å². The van der Waals surface area contributed by atoms with Crippen molar-refractivity contribution in [3.05, 3.63) is 70.3 Å². The van der Waals surface area contributed by atoms with E-state index in [4.69, 9.17) is 14.3 Å². The van der Waals surface area contributed by atoms with Gasteiger partial charge < -0.3 is 13.7 Å². The van der Waals surface area contributed by atoms with Crippen molar-refractivity contribution >= 4 is 38.0 Å². The zero-order valence-corrected chi connectivity index (χ0v) is 18.1. The molecule has 0 aliphatic heterocycles. The molecule has 0 unspecified atom stereocenters. The maximum absolute atomic E-state index is 12.6. The Morgan fingerprint density at radius 3 is 2.72 bits per heavy atom. The summed E-state index contributed by atoms with van der Waals surface area (Å²) in [5.74, 6) is -0.565. The third-order valence-electron chi connectivity index (χ3n) is 5.03. The summed E-state index contributed by atoms with van der Waals surface area (Å²) in [6, 6.07) is 12.2. The van der Waals surface area contributed by atoms with E-state index in [1.807, 2.05) is 11.5 Å². The molecular formula is C22H21N3O6S. The van der Waals surface area contributed by atoms with Crippen LogP contribution in [-0.2, 0) is 27.9 Å². The van der Waals surface area contributed by atoms with Crippen molar-refractivity contribution in [2.24, 2.45) is 5.14 Å². The van der Waals surface area contributed by atoms with Crippen LogP contribution >= 0.6 is 0 Å². The first-order valence-corrected chi connectivity index (χ1v) is 11.5. The third kappa shape index (κ3) is 4.27. The van der Waals surface area contributed by atoms with Gasteiger partial charge in [-0.1, -0.05) is 25.5 Å². The van der Waals surface area contributed by atoms with Gasteiger partial charge in [-0.05, 0) is 36.8 Å². The molecule has 9 nitrogen and oxygen atoms in total. The molecule has 2 aromatic carbocycles. The van der Waals surface area contributed by atoms with E-state index >= 15 is 0 Å². The van der Waals surface area contributed by atoms with Gasteiger partial charge >= 0.3 is 5.97 Å². The molecule has 0 atom stereocenters. The maximum Gasteiger partial charge on any atom is 0.374 e. The van der Waals surface area contributed by atoms with Gasteiger partial charge in [0.15, 0.2) is 5.43 Å². The molecular weight excluding hydrogens is 434 g/mol. The minimum atomic E-state index is -3.88. The first-order valence-electron chi connectivity index (χ1n) is 10.00. The normalized spacial score (nSPS) is 11.8. The van der Waals surface area contributed by atoms with Crippen LogP contribution in [0.5, 0.6) is 0 Å². The topological polar surface area (TPSA) is 134 Å². The summed E-state index contributed by atoms with van der Waals surface area (Å²) in [5.41, 5.74) is 1.08. The molecule has 32 heavy (non-hydrogen) atoms. The second kappa shape index (κ2) is 8.56. The standard InChI is InChI=1S/C22H21N3O6S/c1-2-3-10-25-17-9-8-14(32(23,28)29)11-16(17)24-21(25)13-30-22(27)20-12-18(26)15-6-4-5-7-19(15)31-20/h4-9,11-12H,2-3,10,13H2,1H3,(H2,23,28,29). The molecule has 0 saturated carbocycles. The number of unbranched alkanes of at least 4 members (excludes halogenated alkanes) is 1. The molecule has 2 aromatic heterocycles. The van der Waals surface area contributed by atoms with E-state index in [1.54, 1.807) is 30.3 Å². The highest BCUT2D eigenvalue weighted by Crippen LogP contribution is 2.22. The fourth-order valence-electron chi connectivity index (χ4n) is 3.42. The number of primary sulfonamides is 1. The Morgan fingerprint density at radius 2 is 1.97 bits per heavy atom. The lowest BCUT2D eigenvalue weighted by Gasteiger charge is -2.09. The maximum atomic E-state index is 12.6. The number of aryl methyl sites for hydroxylation is 1. The van der Waals surface area contributed by atoms with Gasteiger partial charge in [0.1, 0.15) is 18.0 Å². The summed E-state index contributed by atoms with van der Waals surface area (Å²) in [6.07, 6.45) is 1.78. The third-order valence-corrected chi connectivity index (χ3v) is 5.94. The number of esters is 1. The second-order valence-electron chi connectivity index (χ2n) is 7.28. The van der Waals surface area contributed by atoms with Gasteiger partial charge in [0.2, 0.25) is 15.8 Å². The smallest absolute Gasteiger partial charge is 0.374 e. The van der Waals surface area contributed by atoms with Gasteiger partial charge in [-0.2, -0.15) is 0 Å². The van der Waals surface area contributed by atoms with E-state index in [1.165, 1.54) is 12.1 Å². The SMILES string of the molecule is CCCCn1c(COC(=O)c2cc(=O)c3ccccc3o2)nc2cc(S(N)(=O)=O)ccc21. The van der Waals surface area contributed by atoms with Crippen LogP contribution < -0.4 is 10.6 Å². The number of carbonyl (C=O) groups is 1. The average Bonchev–Trinajstić information content (AvgIpc) is 3.12. The van der Waals surface area contributed by atoms with Gasteiger partial charge in [-0.15, -0.1) is 0 Å². The average molecular weight is 455 g/mol. The fourth-order valence-corrected chi connectivity index (χ4v) is 3.95. The predicted octanol–water partition coefficient (Wildman–Crippen LogP) is 2.95. The largest absolute Gasteiger partial charge is 0.452 e. The Balaban J connectivity index is 1.64. The van der Waals surface area contributed by atoms with E-state index in [0.29, 0.717) is 28.8 Å². The van der Waals surface area contributed by atoms with Gasteiger partial charge in [-0.3, -0.25) is 4.79 Å². The lowest BCUT2D eigenvalue weighted by Crippen LogP contribution is -2.12. The van der Waals surface area contributed by atoms with Crippen LogP contribution in [0, 0.1) is 0 Å². The molecule has 0 bridgehead atoms. The minimum absolute atomic E-state index is 0.0494. The number of aromatic nitrogens is 2. The highest BCUT2D eigenvalue weighted by Gasteiger charge is 2.18. The number of benzene rings is 2. The molecule has 166 valence electrons. The van der Waals surface area contributed by atoms with Crippen LogP contribution in [0.1, 0.15) is 36.1 Å². The van der Waals surface area contributed by atoms with Gasteiger partial charge in [0.05, 0.1) is 21.3 Å². The van der Waals surface area contributed by atoms with Crippen molar-refractivity contribution in [1.82, 2.24) is 9.55 Å². The molecule has 10 heteroatoms. The molecule has 0 spiro atoms. The second-order valence-corrected chi connectivity index (χ2v) is 8.84. The summed E-state index contributed by atoms with van der Waals surface area (Å²) in [4.78, 5) is 29.2. The zero-order valence-electron chi connectivity index (χ0n) is 17.3. The van der Waals surface area contributed by atoms with Crippen LogP contribution in [-0.4, -0.2) is 23.9 Å². The number of para-hydroxylation sites is 1. The van der Waals surface area contributed by atoms with Crippen LogP contribution in [0.25, 0.3) is 22.0 Å². The molecule has 0 saturated heterocycles. The number of hydrogen-bond donors (Lipinski definition) is 1. The van der Waals surface area contributed by atoms with Crippen LogP contribution in [0.3, 0.4) is 0 Å². The molecule has 0 amide bonds. The quantitative estimate of drug-likeness (QED) is 0.423. The molecule has 0 aliphatic rings. The Bertz CT molecular complexity index is 1490. The molecule has 0 aliphatic carbocycles. The van der Waals surface area contributed by atoms with Crippen molar-refractivity contribution in [3.8, 4) is 0 Å². The fraction of sp³-hybridized carbons (Fsp3) is 0.227. The van der Waals surface area contributed by atoms with E-state index < -0.39 is 16.0 Å². The molecule has 0 radical (unpaired) electrons. The van der Waals surface area contributed by atoms with Gasteiger partial charge in [0.25, 0.3) is 0 Å². The molecule has 4 rings (SSSR count). The number of nitrogens with zero attached hydrogens (tertiary/aromatic N) is 2. The van der Waals surface area contributed by atoms with E-state index in [-0.39, 0.29) is 28.3 Å². The lowest BCUT2D eigenvalue weighted by atomic mass is 10.2. The lowest BCUT2D eigenvalue weighted by molar-refractivity contribution is 0.0422. The number of ether oxygens (including phenoxy) is 1. The minimum Gasteiger partial charge on any atom is -0.452 e.